The third-order valence-corrected chi connectivity index (χ3v) is 7.50. The minimum Gasteiger partial charge on any atom is -0.497 e. The van der Waals surface area contributed by atoms with Crippen molar-refractivity contribution >= 4 is 21.8 Å². The number of hydrogen-bond acceptors (Lipinski definition) is 7. The van der Waals surface area contributed by atoms with Gasteiger partial charge in [0, 0.05) is 37.1 Å². The molecule has 1 aliphatic heterocycles. The van der Waals surface area contributed by atoms with Crippen LogP contribution in [0.5, 0.6) is 5.75 Å². The molecule has 0 spiro atoms. The summed E-state index contributed by atoms with van der Waals surface area (Å²) in [5, 5.41) is 0. The summed E-state index contributed by atoms with van der Waals surface area (Å²) in [5.74, 6) is 0.627. The number of carbonyl (C=O) groups excluding carboxylic acids is 2. The molecular formula is C24H26N4O6S. The van der Waals surface area contributed by atoms with Crippen LogP contribution in [0.2, 0.25) is 0 Å². The highest BCUT2D eigenvalue weighted by atomic mass is 32.2. The average molecular weight is 499 g/mol. The van der Waals surface area contributed by atoms with Crippen LogP contribution in [0.1, 0.15) is 35.5 Å². The third kappa shape index (κ3) is 5.87. The molecule has 4 rings (SSSR count). The highest BCUT2D eigenvalue weighted by molar-refractivity contribution is 7.89. The van der Waals surface area contributed by atoms with E-state index >= 15 is 0 Å². The first kappa shape index (κ1) is 24.4. The summed E-state index contributed by atoms with van der Waals surface area (Å²) in [6, 6.07) is 13.1. The first-order valence-electron chi connectivity index (χ1n) is 11.2. The van der Waals surface area contributed by atoms with E-state index < -0.39 is 21.8 Å². The minimum absolute atomic E-state index is 0.0340. The summed E-state index contributed by atoms with van der Waals surface area (Å²) < 4.78 is 37.7. The van der Waals surface area contributed by atoms with E-state index in [1.807, 2.05) is 24.3 Å². The van der Waals surface area contributed by atoms with Gasteiger partial charge in [-0.15, -0.1) is 0 Å². The summed E-state index contributed by atoms with van der Waals surface area (Å²) in [6.45, 7) is 0.946. The van der Waals surface area contributed by atoms with Gasteiger partial charge in [0.05, 0.1) is 18.2 Å². The molecule has 0 saturated carbocycles. The number of oxazole rings is 1. The average Bonchev–Trinajstić information content (AvgIpc) is 3.59. The molecule has 2 N–H and O–H groups in total. The van der Waals surface area contributed by atoms with Crippen molar-refractivity contribution in [2.45, 2.75) is 30.6 Å². The first-order chi connectivity index (χ1) is 16.9. The normalized spacial score (nSPS) is 14.0. The highest BCUT2D eigenvalue weighted by Gasteiger charge is 2.27. The summed E-state index contributed by atoms with van der Waals surface area (Å²) in [4.78, 5) is 28.9. The van der Waals surface area contributed by atoms with Crippen LogP contribution in [0.3, 0.4) is 0 Å². The largest absolute Gasteiger partial charge is 0.497 e. The quantitative estimate of drug-likeness (QED) is 0.456. The number of benzene rings is 2. The number of carbonyl (C=O) groups is 2. The number of sulfonamides is 1. The molecule has 0 atom stereocenters. The Morgan fingerprint density at radius 2 is 1.83 bits per heavy atom. The fourth-order valence-corrected chi connectivity index (χ4v) is 5.24. The predicted molar refractivity (Wildman–Crippen MR) is 127 cm³/mol. The van der Waals surface area contributed by atoms with Crippen LogP contribution >= 0.6 is 0 Å². The molecule has 0 bridgehead atoms. The maximum atomic E-state index is 12.7. The molecule has 0 unspecified atom stereocenters. The molecule has 35 heavy (non-hydrogen) atoms. The van der Waals surface area contributed by atoms with Gasteiger partial charge in [0.25, 0.3) is 5.91 Å². The van der Waals surface area contributed by atoms with Gasteiger partial charge >= 0.3 is 0 Å². The zero-order chi connectivity index (χ0) is 24.8. The number of aryl methyl sites for hydroxylation is 1. The van der Waals surface area contributed by atoms with Crippen molar-refractivity contribution in [3.8, 4) is 17.1 Å². The van der Waals surface area contributed by atoms with Crippen LogP contribution < -0.4 is 15.6 Å². The van der Waals surface area contributed by atoms with E-state index in [-0.39, 0.29) is 23.3 Å². The van der Waals surface area contributed by atoms with Gasteiger partial charge in [0.15, 0.2) is 11.7 Å². The highest BCUT2D eigenvalue weighted by Crippen LogP contribution is 2.24. The monoisotopic (exact) mass is 498 g/mol. The number of hydrogen-bond donors (Lipinski definition) is 2. The molecule has 1 aromatic heterocycles. The molecular weight excluding hydrogens is 472 g/mol. The van der Waals surface area contributed by atoms with Gasteiger partial charge in [0.1, 0.15) is 5.75 Å². The van der Waals surface area contributed by atoms with Crippen molar-refractivity contribution in [1.82, 2.24) is 20.1 Å². The van der Waals surface area contributed by atoms with Crippen LogP contribution in [0, 0.1) is 0 Å². The van der Waals surface area contributed by atoms with Crippen LogP contribution in [-0.4, -0.2) is 49.7 Å². The Labute approximate surface area is 203 Å². The number of nitrogens with one attached hydrogen (secondary N) is 2. The van der Waals surface area contributed by atoms with Gasteiger partial charge in [-0.3, -0.25) is 20.4 Å². The van der Waals surface area contributed by atoms with Gasteiger partial charge in [-0.1, -0.05) is 6.07 Å². The zero-order valence-corrected chi connectivity index (χ0v) is 20.0. The van der Waals surface area contributed by atoms with E-state index in [1.165, 1.54) is 28.6 Å². The smallest absolute Gasteiger partial charge is 0.269 e. The number of nitrogens with zero attached hydrogens (tertiary/aromatic N) is 2. The molecule has 0 radical (unpaired) electrons. The number of aromatic nitrogens is 1. The number of rotatable bonds is 8. The Bertz CT molecular complexity index is 1300. The second-order valence-electron chi connectivity index (χ2n) is 7.99. The lowest BCUT2D eigenvalue weighted by molar-refractivity contribution is -0.121. The van der Waals surface area contributed by atoms with E-state index in [0.717, 1.165) is 24.2 Å². The molecule has 10 nitrogen and oxygen atoms in total. The van der Waals surface area contributed by atoms with E-state index in [0.29, 0.717) is 24.7 Å². The van der Waals surface area contributed by atoms with Crippen molar-refractivity contribution in [2.75, 3.05) is 20.2 Å². The van der Waals surface area contributed by atoms with Crippen molar-refractivity contribution in [3.63, 3.8) is 0 Å². The van der Waals surface area contributed by atoms with E-state index in [9.17, 15) is 18.0 Å². The van der Waals surface area contributed by atoms with Gasteiger partial charge in [-0.05, 0) is 55.3 Å². The van der Waals surface area contributed by atoms with Gasteiger partial charge in [0.2, 0.25) is 15.9 Å². The third-order valence-electron chi connectivity index (χ3n) is 5.61. The lowest BCUT2D eigenvalue weighted by Gasteiger charge is -2.16. The number of hydrazine groups is 1. The molecule has 2 amide bonds. The Balaban J connectivity index is 1.28. The van der Waals surface area contributed by atoms with E-state index in [4.69, 9.17) is 9.15 Å². The second kappa shape index (κ2) is 10.7. The Morgan fingerprint density at radius 1 is 1.09 bits per heavy atom. The van der Waals surface area contributed by atoms with Gasteiger partial charge in [-0.25, -0.2) is 13.4 Å². The fourth-order valence-electron chi connectivity index (χ4n) is 3.67. The molecule has 0 aliphatic carbocycles. The summed E-state index contributed by atoms with van der Waals surface area (Å²) in [7, 11) is -2.06. The molecule has 1 fully saturated rings. The molecule has 1 saturated heterocycles. The van der Waals surface area contributed by atoms with Crippen molar-refractivity contribution in [2.24, 2.45) is 0 Å². The lowest BCUT2D eigenvalue weighted by Crippen LogP contribution is -2.41. The van der Waals surface area contributed by atoms with Crippen molar-refractivity contribution < 1.29 is 27.2 Å². The SMILES string of the molecule is COc1ccc(-c2cnc(CCC(=O)NNC(=O)c3cccc(S(=O)(=O)N4CCCC4)c3)o2)cc1. The minimum atomic E-state index is -3.64. The van der Waals surface area contributed by atoms with Crippen LogP contribution in [-0.2, 0) is 21.2 Å². The Morgan fingerprint density at radius 3 is 2.54 bits per heavy atom. The van der Waals surface area contributed by atoms with Gasteiger partial charge in [-0.2, -0.15) is 4.31 Å². The Kier molecular flexibility index (Phi) is 7.47. The fraction of sp³-hybridized carbons (Fsp3) is 0.292. The molecule has 2 heterocycles. The van der Waals surface area contributed by atoms with Gasteiger partial charge < -0.3 is 9.15 Å². The first-order valence-corrected chi connectivity index (χ1v) is 12.6. The number of amides is 2. The molecule has 2 aromatic carbocycles. The van der Waals surface area contributed by atoms with Crippen LogP contribution in [0.15, 0.2) is 64.0 Å². The standard InChI is InChI=1S/C24H26N4O6S/c1-33-19-9-7-17(8-10-19)21-16-25-23(34-21)12-11-22(29)26-27-24(30)18-5-4-6-20(15-18)35(31,32)28-13-2-3-14-28/h4-10,15-16H,2-3,11-14H2,1H3,(H,26,29)(H,27,30). The van der Waals surface area contributed by atoms with E-state index in [1.54, 1.807) is 13.3 Å². The lowest BCUT2D eigenvalue weighted by atomic mass is 10.2. The van der Waals surface area contributed by atoms with E-state index in [2.05, 4.69) is 15.8 Å². The predicted octanol–water partition coefficient (Wildman–Crippen LogP) is 2.53. The van der Waals surface area contributed by atoms with Crippen molar-refractivity contribution in [3.05, 3.63) is 66.2 Å². The molecule has 184 valence electrons. The summed E-state index contributed by atoms with van der Waals surface area (Å²) in [6.07, 6.45) is 3.50. The maximum absolute atomic E-state index is 12.7. The number of ether oxygens (including phenoxy) is 1. The second-order valence-corrected chi connectivity index (χ2v) is 9.93. The Hall–Kier alpha value is -3.70. The van der Waals surface area contributed by atoms with Crippen LogP contribution in [0.25, 0.3) is 11.3 Å². The molecule has 11 heteroatoms. The number of methoxy groups -OCH3 is 1. The van der Waals surface area contributed by atoms with Crippen molar-refractivity contribution in [1.29, 1.82) is 0 Å². The summed E-state index contributed by atoms with van der Waals surface area (Å²) >= 11 is 0. The van der Waals surface area contributed by atoms with Crippen LogP contribution in [0.4, 0.5) is 0 Å². The maximum Gasteiger partial charge on any atom is 0.269 e. The molecule has 1 aliphatic rings. The zero-order valence-electron chi connectivity index (χ0n) is 19.2. The molecule has 3 aromatic rings. The summed E-state index contributed by atoms with van der Waals surface area (Å²) in [5.41, 5.74) is 5.61. The topological polar surface area (TPSA) is 131 Å².